The number of allylic oxidation sites excluding steroid dienone is 3. The zero-order chi connectivity index (χ0) is 25.9. The van der Waals surface area contributed by atoms with Crippen molar-refractivity contribution < 1.29 is 19.1 Å². The lowest BCUT2D eigenvalue weighted by molar-refractivity contribution is -0.105. The van der Waals surface area contributed by atoms with E-state index >= 15 is 0 Å². The molecule has 0 bridgehead atoms. The van der Waals surface area contributed by atoms with Crippen LogP contribution in [-0.4, -0.2) is 49.1 Å². The molecule has 35 heavy (non-hydrogen) atoms. The van der Waals surface area contributed by atoms with Crippen molar-refractivity contribution in [3.05, 3.63) is 44.6 Å². The topological polar surface area (TPSA) is 93.9 Å². The van der Waals surface area contributed by atoms with Gasteiger partial charge in [-0.3, -0.25) is 9.59 Å². The lowest BCUT2D eigenvalue weighted by Crippen LogP contribution is -2.40. The van der Waals surface area contributed by atoms with Gasteiger partial charge in [0, 0.05) is 56.4 Å². The van der Waals surface area contributed by atoms with Gasteiger partial charge in [-0.1, -0.05) is 18.5 Å². The number of carbonyl (C=O) groups excluding carboxylic acids is 2. The highest BCUT2D eigenvalue weighted by Gasteiger charge is 2.42. The van der Waals surface area contributed by atoms with Gasteiger partial charge in [0.25, 0.3) is 5.91 Å². The lowest BCUT2D eigenvalue weighted by atomic mass is 9.93. The molecule has 0 saturated heterocycles. The molecule has 1 amide bonds. The number of nitrogens with zero attached hydrogens (tertiary/aromatic N) is 1. The fourth-order valence-corrected chi connectivity index (χ4v) is 4.96. The Bertz CT molecular complexity index is 1070. The SMILES string of the molecule is CCC(N)CCCC1(C)Oc2c(C)c3c(c(Cl)c2O1)CCN(C/C(C=O)=C(C)/C=C(/C)NC)C3=O. The van der Waals surface area contributed by atoms with E-state index in [4.69, 9.17) is 26.8 Å². The zero-order valence-corrected chi connectivity index (χ0v) is 22.5. The Morgan fingerprint density at radius 1 is 1.31 bits per heavy atom. The van der Waals surface area contributed by atoms with Crippen molar-refractivity contribution in [2.45, 2.75) is 78.6 Å². The molecule has 2 heterocycles. The molecule has 2 unspecified atom stereocenters. The molecular weight excluding hydrogens is 466 g/mol. The van der Waals surface area contributed by atoms with Crippen LogP contribution in [0.4, 0.5) is 0 Å². The molecule has 0 aromatic heterocycles. The minimum Gasteiger partial charge on any atom is -0.448 e. The number of rotatable bonds is 10. The number of hydrogen-bond acceptors (Lipinski definition) is 6. The Morgan fingerprint density at radius 2 is 2.00 bits per heavy atom. The highest BCUT2D eigenvalue weighted by Crippen LogP contribution is 2.51. The van der Waals surface area contributed by atoms with Gasteiger partial charge in [-0.25, -0.2) is 0 Å². The Labute approximate surface area is 213 Å². The van der Waals surface area contributed by atoms with E-state index in [1.54, 1.807) is 4.90 Å². The van der Waals surface area contributed by atoms with Crippen LogP contribution in [0.3, 0.4) is 0 Å². The predicted molar refractivity (Wildman–Crippen MR) is 139 cm³/mol. The van der Waals surface area contributed by atoms with Crippen LogP contribution in [-0.2, 0) is 11.2 Å². The summed E-state index contributed by atoms with van der Waals surface area (Å²) in [6.07, 6.45) is 6.66. The van der Waals surface area contributed by atoms with Crippen LogP contribution < -0.4 is 20.5 Å². The van der Waals surface area contributed by atoms with Crippen molar-refractivity contribution in [1.82, 2.24) is 10.2 Å². The van der Waals surface area contributed by atoms with Crippen LogP contribution in [0.1, 0.15) is 74.9 Å². The molecular formula is C27H38ClN3O4. The smallest absolute Gasteiger partial charge is 0.254 e. The second kappa shape index (κ2) is 11.0. The van der Waals surface area contributed by atoms with Gasteiger partial charge in [0.1, 0.15) is 6.29 Å². The second-order valence-electron chi connectivity index (χ2n) is 9.73. The van der Waals surface area contributed by atoms with E-state index < -0.39 is 5.79 Å². The number of carbonyl (C=O) groups is 2. The number of hydrogen-bond donors (Lipinski definition) is 2. The van der Waals surface area contributed by atoms with Gasteiger partial charge in [-0.05, 0) is 63.7 Å². The molecule has 2 aliphatic rings. The summed E-state index contributed by atoms with van der Waals surface area (Å²) < 4.78 is 12.5. The van der Waals surface area contributed by atoms with Gasteiger partial charge in [0.15, 0.2) is 11.5 Å². The lowest BCUT2D eigenvalue weighted by Gasteiger charge is -2.31. The molecule has 1 aromatic carbocycles. The quantitative estimate of drug-likeness (QED) is 0.273. The van der Waals surface area contributed by atoms with Crippen molar-refractivity contribution in [2.24, 2.45) is 5.73 Å². The molecule has 0 radical (unpaired) electrons. The zero-order valence-electron chi connectivity index (χ0n) is 21.7. The van der Waals surface area contributed by atoms with Gasteiger partial charge in [0.05, 0.1) is 10.6 Å². The Morgan fingerprint density at radius 3 is 2.63 bits per heavy atom. The molecule has 2 aliphatic heterocycles. The van der Waals surface area contributed by atoms with Gasteiger partial charge >= 0.3 is 0 Å². The molecule has 1 aromatic rings. The summed E-state index contributed by atoms with van der Waals surface area (Å²) in [5.74, 6) is 0.0458. The number of nitrogens with one attached hydrogen (secondary N) is 1. The first kappa shape index (κ1) is 27.1. The van der Waals surface area contributed by atoms with Gasteiger partial charge < -0.3 is 25.4 Å². The molecule has 7 nitrogen and oxygen atoms in total. The van der Waals surface area contributed by atoms with E-state index in [9.17, 15) is 9.59 Å². The number of amides is 1. The first-order valence-corrected chi connectivity index (χ1v) is 12.7. The van der Waals surface area contributed by atoms with E-state index in [1.165, 1.54) is 0 Å². The number of halogens is 1. The molecule has 8 heteroatoms. The minimum absolute atomic E-state index is 0.152. The molecule has 192 valence electrons. The third kappa shape index (κ3) is 5.67. The van der Waals surface area contributed by atoms with Crippen LogP contribution in [0, 0.1) is 6.92 Å². The maximum atomic E-state index is 13.6. The monoisotopic (exact) mass is 503 g/mol. The standard InChI is InChI=1S/C27H38ClN3O4/c1-7-20(29)9-8-11-27(5)34-24-18(4)22-21(23(28)25(24)35-27)10-12-31(26(22)33)14-19(15-32)16(2)13-17(3)30-6/h13,15,20,30H,7-12,14,29H2,1-6H3/b17-13-,19-16-. The fourth-order valence-electron chi connectivity index (χ4n) is 4.65. The summed E-state index contributed by atoms with van der Waals surface area (Å²) in [6.45, 7) is 10.4. The normalized spacial score (nSPS) is 21.0. The van der Waals surface area contributed by atoms with Crippen LogP contribution in [0.15, 0.2) is 22.9 Å². The van der Waals surface area contributed by atoms with Crippen molar-refractivity contribution in [2.75, 3.05) is 20.1 Å². The minimum atomic E-state index is -0.848. The molecule has 3 rings (SSSR count). The van der Waals surface area contributed by atoms with Crippen LogP contribution in [0.25, 0.3) is 0 Å². The summed E-state index contributed by atoms with van der Waals surface area (Å²) in [7, 11) is 1.83. The number of nitrogens with two attached hydrogens (primary N) is 1. The third-order valence-electron chi connectivity index (χ3n) is 7.02. The van der Waals surface area contributed by atoms with Gasteiger partial charge in [-0.2, -0.15) is 0 Å². The molecule has 0 saturated carbocycles. The summed E-state index contributed by atoms with van der Waals surface area (Å²) in [4.78, 5) is 27.1. The Balaban J connectivity index is 1.87. The highest BCUT2D eigenvalue weighted by molar-refractivity contribution is 6.34. The number of benzene rings is 1. The van der Waals surface area contributed by atoms with E-state index in [0.29, 0.717) is 47.0 Å². The predicted octanol–water partition coefficient (Wildman–Crippen LogP) is 4.68. The first-order valence-electron chi connectivity index (χ1n) is 12.3. The first-order chi connectivity index (χ1) is 16.5. The maximum absolute atomic E-state index is 13.6. The average molecular weight is 504 g/mol. The number of aldehydes is 1. The largest absolute Gasteiger partial charge is 0.448 e. The maximum Gasteiger partial charge on any atom is 0.254 e. The summed E-state index contributed by atoms with van der Waals surface area (Å²) in [5.41, 5.74) is 10.4. The van der Waals surface area contributed by atoms with E-state index in [1.807, 2.05) is 40.8 Å². The summed E-state index contributed by atoms with van der Waals surface area (Å²) in [5, 5.41) is 3.49. The van der Waals surface area contributed by atoms with Gasteiger partial charge in [-0.15, -0.1) is 0 Å². The van der Waals surface area contributed by atoms with Crippen molar-refractivity contribution >= 4 is 23.8 Å². The molecule has 0 fully saturated rings. The van der Waals surface area contributed by atoms with E-state index in [0.717, 1.165) is 47.9 Å². The van der Waals surface area contributed by atoms with Crippen molar-refractivity contribution in [1.29, 1.82) is 0 Å². The number of ether oxygens (including phenoxy) is 2. The van der Waals surface area contributed by atoms with Crippen LogP contribution >= 0.6 is 11.6 Å². The summed E-state index contributed by atoms with van der Waals surface area (Å²) >= 11 is 6.77. The molecule has 2 atom stereocenters. The summed E-state index contributed by atoms with van der Waals surface area (Å²) in [6, 6.07) is 0.162. The fraction of sp³-hybridized carbons (Fsp3) is 0.556. The number of fused-ring (bicyclic) bond motifs is 2. The highest BCUT2D eigenvalue weighted by atomic mass is 35.5. The molecule has 0 spiro atoms. The molecule has 0 aliphatic carbocycles. The second-order valence-corrected chi connectivity index (χ2v) is 10.1. The van der Waals surface area contributed by atoms with Crippen LogP contribution in [0.5, 0.6) is 11.5 Å². The average Bonchev–Trinajstić information content (AvgIpc) is 3.19. The van der Waals surface area contributed by atoms with E-state index in [-0.39, 0.29) is 18.5 Å². The van der Waals surface area contributed by atoms with Crippen LogP contribution in [0.2, 0.25) is 5.02 Å². The van der Waals surface area contributed by atoms with Gasteiger partial charge in [0.2, 0.25) is 5.79 Å². The van der Waals surface area contributed by atoms with Crippen molar-refractivity contribution in [3.63, 3.8) is 0 Å². The third-order valence-corrected chi connectivity index (χ3v) is 7.42. The Hall–Kier alpha value is -2.51. The Kier molecular flexibility index (Phi) is 8.54. The van der Waals surface area contributed by atoms with Crippen molar-refractivity contribution in [3.8, 4) is 11.5 Å². The van der Waals surface area contributed by atoms with E-state index in [2.05, 4.69) is 12.2 Å². The molecule has 3 N–H and O–H groups in total.